The second-order valence-corrected chi connectivity index (χ2v) is 6.13. The van der Waals surface area contributed by atoms with Crippen LogP contribution in [-0.4, -0.2) is 5.11 Å². The molecule has 0 amide bonds. The monoisotopic (exact) mass is 244 g/mol. The topological polar surface area (TPSA) is 20.2 Å². The largest absolute Gasteiger partial charge is 0.388 e. The molecule has 0 bridgehead atoms. The van der Waals surface area contributed by atoms with Gasteiger partial charge in [0, 0.05) is 4.88 Å². The van der Waals surface area contributed by atoms with Crippen molar-refractivity contribution in [2.24, 2.45) is 5.92 Å². The van der Waals surface area contributed by atoms with Gasteiger partial charge in [-0.15, -0.1) is 11.3 Å². The van der Waals surface area contributed by atoms with E-state index in [4.69, 9.17) is 11.6 Å². The first-order valence-electron chi connectivity index (χ1n) is 5.69. The number of halogens is 1. The van der Waals surface area contributed by atoms with Crippen molar-refractivity contribution in [1.29, 1.82) is 0 Å². The summed E-state index contributed by atoms with van der Waals surface area (Å²) in [5.74, 6) is 0.857. The van der Waals surface area contributed by atoms with E-state index >= 15 is 0 Å². The Morgan fingerprint density at radius 2 is 2.13 bits per heavy atom. The van der Waals surface area contributed by atoms with Crippen LogP contribution < -0.4 is 0 Å². The van der Waals surface area contributed by atoms with Crippen molar-refractivity contribution < 1.29 is 5.11 Å². The summed E-state index contributed by atoms with van der Waals surface area (Å²) in [7, 11) is 0. The van der Waals surface area contributed by atoms with Crippen LogP contribution in [0.3, 0.4) is 0 Å². The van der Waals surface area contributed by atoms with Gasteiger partial charge >= 0.3 is 0 Å². The van der Waals surface area contributed by atoms with Crippen molar-refractivity contribution in [3.05, 3.63) is 21.3 Å². The van der Waals surface area contributed by atoms with Gasteiger partial charge in [0.2, 0.25) is 0 Å². The van der Waals surface area contributed by atoms with Crippen LogP contribution in [0, 0.1) is 5.92 Å². The van der Waals surface area contributed by atoms with Gasteiger partial charge in [-0.3, -0.25) is 0 Å². The third-order valence-corrected chi connectivity index (χ3v) is 4.58. The van der Waals surface area contributed by atoms with Crippen molar-refractivity contribution in [3.63, 3.8) is 0 Å². The molecule has 0 aromatic carbocycles. The Bertz CT molecular complexity index is 304. The Labute approximate surface area is 100 Å². The fourth-order valence-electron chi connectivity index (χ4n) is 2.34. The van der Waals surface area contributed by atoms with Gasteiger partial charge in [-0.05, 0) is 30.9 Å². The zero-order valence-electron chi connectivity index (χ0n) is 8.79. The molecule has 1 aromatic rings. The van der Waals surface area contributed by atoms with E-state index in [-0.39, 0.29) is 6.10 Å². The van der Waals surface area contributed by atoms with E-state index in [9.17, 15) is 5.11 Å². The Morgan fingerprint density at radius 3 is 2.73 bits per heavy atom. The average molecular weight is 245 g/mol. The molecule has 0 radical (unpaired) electrons. The Hall–Kier alpha value is -0.0500. The molecule has 0 saturated heterocycles. The fraction of sp³-hybridized carbons (Fsp3) is 0.667. The van der Waals surface area contributed by atoms with Crippen LogP contribution in [-0.2, 0) is 0 Å². The van der Waals surface area contributed by atoms with E-state index in [1.807, 2.05) is 12.1 Å². The molecule has 1 fully saturated rings. The summed E-state index contributed by atoms with van der Waals surface area (Å²) in [5.41, 5.74) is 0. The summed E-state index contributed by atoms with van der Waals surface area (Å²) in [4.78, 5) is 1.01. The van der Waals surface area contributed by atoms with E-state index < -0.39 is 0 Å². The van der Waals surface area contributed by atoms with Crippen molar-refractivity contribution >= 4 is 22.9 Å². The van der Waals surface area contributed by atoms with Gasteiger partial charge in [0.15, 0.2) is 0 Å². The molecule has 1 saturated carbocycles. The number of thiophene rings is 1. The van der Waals surface area contributed by atoms with Crippen LogP contribution in [0.4, 0.5) is 0 Å². The molecule has 1 N–H and O–H groups in total. The number of aliphatic hydroxyl groups is 1. The lowest BCUT2D eigenvalue weighted by Gasteiger charge is -2.12. The fourth-order valence-corrected chi connectivity index (χ4v) is 3.42. The van der Waals surface area contributed by atoms with E-state index in [0.717, 1.165) is 28.0 Å². The maximum absolute atomic E-state index is 9.95. The summed E-state index contributed by atoms with van der Waals surface area (Å²) >= 11 is 7.33. The minimum absolute atomic E-state index is 0.303. The number of aliphatic hydroxyl groups excluding tert-OH is 1. The molecule has 84 valence electrons. The molecule has 0 spiro atoms. The quantitative estimate of drug-likeness (QED) is 0.832. The van der Waals surface area contributed by atoms with Crippen molar-refractivity contribution in [2.75, 3.05) is 0 Å². The van der Waals surface area contributed by atoms with E-state index in [1.165, 1.54) is 37.0 Å². The van der Waals surface area contributed by atoms with Gasteiger partial charge in [0.25, 0.3) is 0 Å². The van der Waals surface area contributed by atoms with Crippen LogP contribution >= 0.6 is 22.9 Å². The SMILES string of the molecule is OC(CCC1CCCC1)c1ccc(Cl)s1. The van der Waals surface area contributed by atoms with Crippen LogP contribution in [0.15, 0.2) is 12.1 Å². The van der Waals surface area contributed by atoms with Gasteiger partial charge in [-0.2, -0.15) is 0 Å². The molecule has 15 heavy (non-hydrogen) atoms. The van der Waals surface area contributed by atoms with Crippen molar-refractivity contribution in [2.45, 2.75) is 44.6 Å². The number of rotatable bonds is 4. The maximum atomic E-state index is 9.95. The van der Waals surface area contributed by atoms with Crippen LogP contribution in [0.5, 0.6) is 0 Å². The molecule has 1 aliphatic carbocycles. The molecule has 1 atom stereocenters. The third-order valence-electron chi connectivity index (χ3n) is 3.25. The third kappa shape index (κ3) is 3.20. The minimum Gasteiger partial charge on any atom is -0.388 e. The lowest BCUT2D eigenvalue weighted by Crippen LogP contribution is -1.99. The lowest BCUT2D eigenvalue weighted by atomic mass is 9.99. The lowest BCUT2D eigenvalue weighted by molar-refractivity contribution is 0.160. The summed E-state index contributed by atoms with van der Waals surface area (Å²) in [6, 6.07) is 3.80. The molecule has 1 unspecified atom stereocenters. The van der Waals surface area contributed by atoms with Crippen molar-refractivity contribution in [1.82, 2.24) is 0 Å². The van der Waals surface area contributed by atoms with Gasteiger partial charge in [-0.25, -0.2) is 0 Å². The maximum Gasteiger partial charge on any atom is 0.0932 e. The zero-order chi connectivity index (χ0) is 10.7. The first kappa shape index (κ1) is 11.4. The van der Waals surface area contributed by atoms with Gasteiger partial charge in [0.1, 0.15) is 0 Å². The van der Waals surface area contributed by atoms with Crippen LogP contribution in [0.1, 0.15) is 49.5 Å². The molecule has 3 heteroatoms. The van der Waals surface area contributed by atoms with E-state index in [2.05, 4.69) is 0 Å². The summed E-state index contributed by atoms with van der Waals surface area (Å²) < 4.78 is 0.768. The highest BCUT2D eigenvalue weighted by Gasteiger charge is 2.17. The molecule has 2 rings (SSSR count). The molecule has 1 aliphatic rings. The van der Waals surface area contributed by atoms with Crippen molar-refractivity contribution in [3.8, 4) is 0 Å². The zero-order valence-corrected chi connectivity index (χ0v) is 10.4. The average Bonchev–Trinajstić information content (AvgIpc) is 2.84. The normalized spacial score (nSPS) is 19.6. The highest BCUT2D eigenvalue weighted by atomic mass is 35.5. The summed E-state index contributed by atoms with van der Waals surface area (Å²) in [5, 5.41) is 9.95. The Kier molecular flexibility index (Phi) is 4.06. The first-order valence-corrected chi connectivity index (χ1v) is 6.88. The number of hydrogen-bond acceptors (Lipinski definition) is 2. The highest BCUT2D eigenvalue weighted by molar-refractivity contribution is 7.16. The molecule has 1 aromatic heterocycles. The predicted octanol–water partition coefficient (Wildman–Crippen LogP) is 4.41. The van der Waals surface area contributed by atoms with Gasteiger partial charge < -0.3 is 5.11 Å². The van der Waals surface area contributed by atoms with Crippen LogP contribution in [0.25, 0.3) is 0 Å². The number of hydrogen-bond donors (Lipinski definition) is 1. The standard InChI is InChI=1S/C12H17ClOS/c13-12-8-7-11(15-12)10(14)6-5-9-3-1-2-4-9/h7-10,14H,1-6H2. The van der Waals surface area contributed by atoms with Gasteiger partial charge in [-0.1, -0.05) is 37.3 Å². The second-order valence-electron chi connectivity index (χ2n) is 4.39. The first-order chi connectivity index (χ1) is 7.25. The molecular weight excluding hydrogens is 228 g/mol. The highest BCUT2D eigenvalue weighted by Crippen LogP contribution is 2.34. The van der Waals surface area contributed by atoms with E-state index in [0.29, 0.717) is 0 Å². The Balaban J connectivity index is 1.79. The van der Waals surface area contributed by atoms with Crippen LogP contribution in [0.2, 0.25) is 4.34 Å². The minimum atomic E-state index is -0.303. The Morgan fingerprint density at radius 1 is 1.40 bits per heavy atom. The summed E-state index contributed by atoms with van der Waals surface area (Å²) in [6.07, 6.45) is 7.23. The molecule has 1 nitrogen and oxygen atoms in total. The smallest absolute Gasteiger partial charge is 0.0932 e. The molecular formula is C12H17ClOS. The second kappa shape index (κ2) is 5.33. The molecule has 0 aliphatic heterocycles. The predicted molar refractivity (Wildman–Crippen MR) is 65.5 cm³/mol. The summed E-state index contributed by atoms with van der Waals surface area (Å²) in [6.45, 7) is 0. The van der Waals surface area contributed by atoms with Gasteiger partial charge in [0.05, 0.1) is 10.4 Å². The van der Waals surface area contributed by atoms with E-state index in [1.54, 1.807) is 0 Å². The molecule has 1 heterocycles.